The van der Waals surface area contributed by atoms with Gasteiger partial charge in [0.1, 0.15) is 5.75 Å². The maximum Gasteiger partial charge on any atom is 0.322 e. The first-order valence-corrected chi connectivity index (χ1v) is 13.4. The van der Waals surface area contributed by atoms with Crippen LogP contribution in [-0.4, -0.2) is 40.9 Å². The van der Waals surface area contributed by atoms with E-state index < -0.39 is 5.60 Å². The predicted molar refractivity (Wildman–Crippen MR) is 142 cm³/mol. The van der Waals surface area contributed by atoms with E-state index in [0.29, 0.717) is 36.7 Å². The molecule has 5 aliphatic rings. The highest BCUT2D eigenvalue weighted by molar-refractivity contribution is 5.98. The van der Waals surface area contributed by atoms with Crippen LogP contribution in [0.15, 0.2) is 72.9 Å². The molecule has 37 heavy (non-hydrogen) atoms. The third kappa shape index (κ3) is 4.11. The van der Waals surface area contributed by atoms with Gasteiger partial charge in [-0.1, -0.05) is 18.2 Å². The van der Waals surface area contributed by atoms with Gasteiger partial charge in [-0.15, -0.1) is 0 Å². The van der Waals surface area contributed by atoms with Gasteiger partial charge >= 0.3 is 6.03 Å². The summed E-state index contributed by atoms with van der Waals surface area (Å²) in [5.74, 6) is 2.70. The van der Waals surface area contributed by atoms with Gasteiger partial charge in [0, 0.05) is 37.1 Å². The van der Waals surface area contributed by atoms with Crippen molar-refractivity contribution < 1.29 is 14.6 Å². The van der Waals surface area contributed by atoms with Crippen LogP contribution in [0.25, 0.3) is 0 Å². The molecule has 1 aliphatic heterocycles. The molecule has 4 bridgehead atoms. The normalized spacial score (nSPS) is 29.6. The number of nitrogens with one attached hydrogen (secondary N) is 1. The third-order valence-corrected chi connectivity index (χ3v) is 8.80. The molecule has 2 aromatic carbocycles. The van der Waals surface area contributed by atoms with Gasteiger partial charge in [0.15, 0.2) is 0 Å². The molecule has 0 radical (unpaired) electrons. The van der Waals surface area contributed by atoms with Crippen molar-refractivity contribution in [2.45, 2.75) is 43.7 Å². The van der Waals surface area contributed by atoms with Crippen molar-refractivity contribution in [3.8, 4) is 11.6 Å². The monoisotopic (exact) mass is 496 g/mol. The van der Waals surface area contributed by atoms with E-state index in [2.05, 4.69) is 21.3 Å². The number of aromatic nitrogens is 1. The molecule has 2 amide bonds. The van der Waals surface area contributed by atoms with Crippen LogP contribution in [0.3, 0.4) is 0 Å². The molecule has 4 fully saturated rings. The van der Waals surface area contributed by atoms with Gasteiger partial charge < -0.3 is 20.1 Å². The second kappa shape index (κ2) is 8.77. The Kier molecular flexibility index (Phi) is 5.36. The summed E-state index contributed by atoms with van der Waals surface area (Å²) in [6.07, 6.45) is 6.59. The molecule has 4 saturated carbocycles. The molecule has 4 aliphatic carbocycles. The van der Waals surface area contributed by atoms with Gasteiger partial charge in [-0.05, 0) is 92.3 Å². The second-order valence-corrected chi connectivity index (χ2v) is 11.2. The van der Waals surface area contributed by atoms with E-state index in [1.165, 1.54) is 0 Å². The number of aliphatic hydroxyl groups is 1. The number of hydrogen-bond donors (Lipinski definition) is 2. The summed E-state index contributed by atoms with van der Waals surface area (Å²) in [6.45, 7) is 1.30. The highest BCUT2D eigenvalue weighted by Crippen LogP contribution is 2.55. The van der Waals surface area contributed by atoms with Crippen LogP contribution < -0.4 is 19.9 Å². The van der Waals surface area contributed by atoms with E-state index >= 15 is 0 Å². The van der Waals surface area contributed by atoms with Crippen molar-refractivity contribution in [2.75, 3.05) is 22.9 Å². The minimum Gasteiger partial charge on any atom is -0.439 e. The van der Waals surface area contributed by atoms with Crippen LogP contribution in [0.2, 0.25) is 0 Å². The number of carbonyl (C=O) groups is 1. The number of rotatable bonds is 4. The number of anilines is 3. The molecule has 2 N–H and O–H groups in total. The fourth-order valence-corrected chi connectivity index (χ4v) is 7.50. The van der Waals surface area contributed by atoms with Crippen molar-refractivity contribution in [1.29, 1.82) is 0 Å². The molecule has 2 heterocycles. The Labute approximate surface area is 217 Å². The fourth-order valence-electron chi connectivity index (χ4n) is 7.50. The molecular weight excluding hydrogens is 464 g/mol. The summed E-state index contributed by atoms with van der Waals surface area (Å²) >= 11 is 0. The van der Waals surface area contributed by atoms with Gasteiger partial charge in [0.05, 0.1) is 17.0 Å². The van der Waals surface area contributed by atoms with E-state index in [4.69, 9.17) is 4.74 Å². The van der Waals surface area contributed by atoms with Crippen LogP contribution in [0.4, 0.5) is 21.9 Å². The average Bonchev–Trinajstić information content (AvgIpc) is 2.90. The maximum atomic E-state index is 13.6. The molecule has 0 saturated heterocycles. The van der Waals surface area contributed by atoms with E-state index in [9.17, 15) is 9.90 Å². The first kappa shape index (κ1) is 22.6. The number of fused-ring (bicyclic) bond motifs is 1. The smallest absolute Gasteiger partial charge is 0.322 e. The van der Waals surface area contributed by atoms with Gasteiger partial charge in [-0.25, -0.2) is 9.78 Å². The maximum absolute atomic E-state index is 13.6. The molecule has 5 atom stereocenters. The number of pyridine rings is 1. The number of urea groups is 1. The SMILES string of the molecule is O=C(NC1[C@@H]2CC3C[C@H]1CC(O)(C3)C2)N1CCN(c2ccc(Oc3ccccn3)cc2)c2ccccc21. The van der Waals surface area contributed by atoms with Crippen molar-refractivity contribution in [3.05, 3.63) is 72.9 Å². The summed E-state index contributed by atoms with van der Waals surface area (Å²) in [5, 5.41) is 14.3. The molecule has 0 spiro atoms. The number of amides is 2. The number of benzene rings is 2. The highest BCUT2D eigenvalue weighted by atomic mass is 16.5. The lowest BCUT2D eigenvalue weighted by Crippen LogP contribution is -2.63. The summed E-state index contributed by atoms with van der Waals surface area (Å²) in [7, 11) is 0. The van der Waals surface area contributed by atoms with Crippen LogP contribution in [0, 0.1) is 17.8 Å². The largest absolute Gasteiger partial charge is 0.439 e. The lowest BCUT2D eigenvalue weighted by Gasteiger charge is -2.58. The summed E-state index contributed by atoms with van der Waals surface area (Å²) in [6, 6.07) is 21.8. The van der Waals surface area contributed by atoms with E-state index in [1.807, 2.05) is 65.6 Å². The molecule has 7 heteroatoms. The fraction of sp³-hybridized carbons (Fsp3) is 0.400. The predicted octanol–water partition coefficient (Wildman–Crippen LogP) is 5.48. The summed E-state index contributed by atoms with van der Waals surface area (Å²) < 4.78 is 5.85. The molecule has 190 valence electrons. The lowest BCUT2D eigenvalue weighted by molar-refractivity contribution is -0.136. The van der Waals surface area contributed by atoms with E-state index in [1.54, 1.807) is 6.20 Å². The Morgan fingerprint density at radius 1 is 0.919 bits per heavy atom. The minimum absolute atomic E-state index is 0.0179. The molecule has 3 aromatic rings. The average molecular weight is 497 g/mol. The zero-order valence-corrected chi connectivity index (χ0v) is 20.8. The highest BCUT2D eigenvalue weighted by Gasteiger charge is 2.55. The number of hydrogen-bond acceptors (Lipinski definition) is 5. The van der Waals surface area contributed by atoms with Crippen LogP contribution in [0.1, 0.15) is 32.1 Å². The summed E-state index contributed by atoms with van der Waals surface area (Å²) in [5.41, 5.74) is 2.49. The number of ether oxygens (including phenoxy) is 1. The Balaban J connectivity index is 1.08. The molecule has 7 nitrogen and oxygen atoms in total. The van der Waals surface area contributed by atoms with E-state index in [-0.39, 0.29) is 12.1 Å². The van der Waals surface area contributed by atoms with Gasteiger partial charge in [0.2, 0.25) is 5.88 Å². The van der Waals surface area contributed by atoms with Gasteiger partial charge in [0.25, 0.3) is 0 Å². The van der Waals surface area contributed by atoms with Crippen LogP contribution in [-0.2, 0) is 0 Å². The topological polar surface area (TPSA) is 77.9 Å². The summed E-state index contributed by atoms with van der Waals surface area (Å²) in [4.78, 5) is 22.0. The van der Waals surface area contributed by atoms with Crippen molar-refractivity contribution >= 4 is 23.1 Å². The first-order valence-electron chi connectivity index (χ1n) is 13.4. The Hall–Kier alpha value is -3.58. The molecule has 3 unspecified atom stereocenters. The van der Waals surface area contributed by atoms with E-state index in [0.717, 1.165) is 54.9 Å². The molecule has 1 aromatic heterocycles. The zero-order chi connectivity index (χ0) is 25.0. The number of nitrogens with zero attached hydrogens (tertiary/aromatic N) is 3. The standard InChI is InChI=1S/C30H32N4O3/c35-29(32-28-21-15-20-16-22(28)19-30(36,17-20)18-21)34-14-13-33(25-5-1-2-6-26(25)34)23-8-10-24(11-9-23)37-27-7-3-4-12-31-27/h1-12,20-22,28,36H,13-19H2,(H,32,35)/t20?,21-,22+,28?,30?. The van der Waals surface area contributed by atoms with Crippen LogP contribution in [0.5, 0.6) is 11.6 Å². The molecule has 8 rings (SSSR count). The zero-order valence-electron chi connectivity index (χ0n) is 20.8. The number of para-hydroxylation sites is 2. The quantitative estimate of drug-likeness (QED) is 0.500. The van der Waals surface area contributed by atoms with Gasteiger partial charge in [-0.3, -0.25) is 4.90 Å². The Bertz CT molecular complexity index is 1280. The van der Waals surface area contributed by atoms with Gasteiger partial charge in [-0.2, -0.15) is 0 Å². The third-order valence-electron chi connectivity index (χ3n) is 8.80. The lowest BCUT2D eigenvalue weighted by atomic mass is 9.52. The minimum atomic E-state index is -0.492. The Morgan fingerprint density at radius 3 is 2.35 bits per heavy atom. The first-order chi connectivity index (χ1) is 18.0. The van der Waals surface area contributed by atoms with Crippen molar-refractivity contribution in [3.63, 3.8) is 0 Å². The second-order valence-electron chi connectivity index (χ2n) is 11.2. The number of carbonyl (C=O) groups excluding carboxylic acids is 1. The van der Waals surface area contributed by atoms with Crippen molar-refractivity contribution in [2.24, 2.45) is 17.8 Å². The van der Waals surface area contributed by atoms with Crippen molar-refractivity contribution in [1.82, 2.24) is 10.3 Å². The molecular formula is C30H32N4O3. The Morgan fingerprint density at radius 2 is 1.65 bits per heavy atom. The van der Waals surface area contributed by atoms with Crippen LogP contribution >= 0.6 is 0 Å².